The van der Waals surface area contributed by atoms with E-state index >= 15 is 0 Å². The number of nitrogens with one attached hydrogen (secondary N) is 3. The summed E-state index contributed by atoms with van der Waals surface area (Å²) >= 11 is 5.53. The quantitative estimate of drug-likeness (QED) is 0.249. The lowest BCUT2D eigenvalue weighted by atomic mass is 9.90. The molecule has 0 aliphatic heterocycles. The molecule has 0 heterocycles. The van der Waals surface area contributed by atoms with Gasteiger partial charge in [0.2, 0.25) is 0 Å². The van der Waals surface area contributed by atoms with Gasteiger partial charge in [0.1, 0.15) is 7.85 Å². The Hall–Kier alpha value is -2.96. The monoisotopic (exact) mass is 517 g/mol. The van der Waals surface area contributed by atoms with Crippen LogP contribution in [0.5, 0.6) is 0 Å². The number of hydrogen-bond acceptors (Lipinski definition) is 5. The minimum Gasteiger partial charge on any atom is -0.332 e. The van der Waals surface area contributed by atoms with Gasteiger partial charge >= 0.3 is 0 Å². The Bertz CT molecular complexity index is 1320. The van der Waals surface area contributed by atoms with Crippen molar-refractivity contribution in [2.45, 2.75) is 22.5 Å². The zero-order valence-corrected chi connectivity index (χ0v) is 20.2. The van der Waals surface area contributed by atoms with E-state index in [0.717, 1.165) is 0 Å². The lowest BCUT2D eigenvalue weighted by Gasteiger charge is -2.14. The number of sulfonamides is 1. The first kappa shape index (κ1) is 25.7. The molecule has 0 saturated heterocycles. The molecule has 12 heteroatoms. The number of alkyl halides is 2. The number of benzene rings is 3. The molecule has 174 valence electrons. The third-order valence-electron chi connectivity index (χ3n) is 4.50. The average molecular weight is 517 g/mol. The average Bonchev–Trinajstić information content (AvgIpc) is 2.76. The van der Waals surface area contributed by atoms with Gasteiger partial charge in [0.05, 0.1) is 4.90 Å². The van der Waals surface area contributed by atoms with Crippen LogP contribution in [0.1, 0.15) is 15.9 Å². The van der Waals surface area contributed by atoms with E-state index in [9.17, 15) is 22.0 Å². The number of aryl methyl sites for hydroxylation is 1. The number of halogens is 2. The number of thiocarbonyl (C=S) groups is 1. The van der Waals surface area contributed by atoms with Gasteiger partial charge in [-0.1, -0.05) is 47.6 Å². The first-order valence-electron chi connectivity index (χ1n) is 9.70. The van der Waals surface area contributed by atoms with Gasteiger partial charge < -0.3 is 5.32 Å². The van der Waals surface area contributed by atoms with Crippen LogP contribution in [-0.4, -0.2) is 33.0 Å². The number of rotatable bonds is 7. The zero-order chi connectivity index (χ0) is 24.9. The molecule has 3 rings (SSSR count). The Labute approximate surface area is 207 Å². The first-order valence-corrected chi connectivity index (χ1v) is 12.5. The highest BCUT2D eigenvalue weighted by atomic mass is 32.2. The predicted octanol–water partition coefficient (Wildman–Crippen LogP) is 4.03. The van der Waals surface area contributed by atoms with Crippen LogP contribution in [0.3, 0.4) is 0 Å². The summed E-state index contributed by atoms with van der Waals surface area (Å²) in [7, 11) is 1.79. The van der Waals surface area contributed by atoms with Crippen molar-refractivity contribution >= 4 is 69.7 Å². The van der Waals surface area contributed by atoms with Crippen LogP contribution in [0, 0.1) is 6.92 Å². The summed E-state index contributed by atoms with van der Waals surface area (Å²) in [5, 5.41) is 5.24. The van der Waals surface area contributed by atoms with Crippen LogP contribution >= 0.6 is 24.0 Å². The Kier molecular flexibility index (Phi) is 8.29. The maximum atomic E-state index is 12.9. The van der Waals surface area contributed by atoms with Crippen LogP contribution in [0.4, 0.5) is 20.2 Å². The number of anilines is 2. The maximum absolute atomic E-state index is 12.9. The Morgan fingerprint density at radius 2 is 1.68 bits per heavy atom. The summed E-state index contributed by atoms with van der Waals surface area (Å²) in [6.45, 7) is 1.62. The normalized spacial score (nSPS) is 11.2. The van der Waals surface area contributed by atoms with Gasteiger partial charge in [0, 0.05) is 21.8 Å². The summed E-state index contributed by atoms with van der Waals surface area (Å²) in [6.07, 6.45) is 0. The highest BCUT2D eigenvalue weighted by molar-refractivity contribution is 7.99. The van der Waals surface area contributed by atoms with Crippen molar-refractivity contribution in [1.29, 1.82) is 0 Å². The molecule has 0 unspecified atom stereocenters. The summed E-state index contributed by atoms with van der Waals surface area (Å²) in [5.41, 5.74) is 1.56. The second-order valence-corrected chi connectivity index (χ2v) is 10.1. The van der Waals surface area contributed by atoms with E-state index in [1.807, 2.05) is 0 Å². The van der Waals surface area contributed by atoms with Crippen molar-refractivity contribution in [3.63, 3.8) is 0 Å². The molecule has 0 aliphatic carbocycles. The molecule has 3 aromatic carbocycles. The predicted molar refractivity (Wildman–Crippen MR) is 136 cm³/mol. The van der Waals surface area contributed by atoms with Crippen molar-refractivity contribution in [2.24, 2.45) is 0 Å². The molecular weight excluding hydrogens is 499 g/mol. The number of carbonyl (C=O) groups excluding carboxylic acids is 1. The van der Waals surface area contributed by atoms with Crippen molar-refractivity contribution in [1.82, 2.24) is 5.32 Å². The van der Waals surface area contributed by atoms with E-state index in [0.29, 0.717) is 33.4 Å². The third kappa shape index (κ3) is 6.78. The lowest BCUT2D eigenvalue weighted by Crippen LogP contribution is -2.36. The Morgan fingerprint density at radius 1 is 1.03 bits per heavy atom. The summed E-state index contributed by atoms with van der Waals surface area (Å²) in [6, 6.07) is 16.7. The highest BCUT2D eigenvalue weighted by Gasteiger charge is 2.19. The minimum absolute atomic E-state index is 0.0232. The van der Waals surface area contributed by atoms with Crippen LogP contribution in [0.25, 0.3) is 0 Å². The van der Waals surface area contributed by atoms with Gasteiger partial charge in [-0.3, -0.25) is 14.8 Å². The molecule has 0 atom stereocenters. The van der Waals surface area contributed by atoms with Crippen molar-refractivity contribution < 1.29 is 22.0 Å². The molecular formula is C22H18BF2N3O3S3. The first-order chi connectivity index (χ1) is 16.0. The highest BCUT2D eigenvalue weighted by Crippen LogP contribution is 2.28. The molecule has 3 N–H and O–H groups in total. The van der Waals surface area contributed by atoms with E-state index in [1.165, 1.54) is 30.3 Å². The van der Waals surface area contributed by atoms with E-state index < -0.39 is 21.7 Å². The smallest absolute Gasteiger partial charge is 0.288 e. The van der Waals surface area contributed by atoms with Gasteiger partial charge in [0.15, 0.2) is 5.11 Å². The van der Waals surface area contributed by atoms with Gasteiger partial charge in [-0.05, 0) is 61.1 Å². The largest absolute Gasteiger partial charge is 0.332 e. The molecule has 6 nitrogen and oxygen atoms in total. The molecule has 0 saturated carbocycles. The number of thioether (sulfide) groups is 1. The fourth-order valence-corrected chi connectivity index (χ4v) is 4.96. The summed E-state index contributed by atoms with van der Waals surface area (Å²) in [4.78, 5) is 12.7. The summed E-state index contributed by atoms with van der Waals surface area (Å²) in [5.74, 6) is -3.08. The fourth-order valence-electron chi connectivity index (χ4n) is 2.92. The van der Waals surface area contributed by atoms with Crippen LogP contribution in [0.15, 0.2) is 76.5 Å². The van der Waals surface area contributed by atoms with Crippen LogP contribution in [0.2, 0.25) is 0 Å². The molecule has 0 bridgehead atoms. The number of amides is 1. The van der Waals surface area contributed by atoms with Crippen molar-refractivity contribution in [3.8, 4) is 0 Å². The maximum Gasteiger partial charge on any atom is 0.288 e. The molecule has 34 heavy (non-hydrogen) atoms. The van der Waals surface area contributed by atoms with E-state index in [4.69, 9.17) is 20.1 Å². The van der Waals surface area contributed by atoms with Crippen LogP contribution in [-0.2, 0) is 10.0 Å². The second-order valence-electron chi connectivity index (χ2n) is 6.98. The molecule has 1 amide bonds. The van der Waals surface area contributed by atoms with Crippen LogP contribution < -0.4 is 20.8 Å². The molecule has 0 spiro atoms. The lowest BCUT2D eigenvalue weighted by molar-refractivity contribution is 0.0979. The van der Waals surface area contributed by atoms with Gasteiger partial charge in [0.25, 0.3) is 21.7 Å². The van der Waals surface area contributed by atoms with Gasteiger partial charge in [-0.25, -0.2) is 8.42 Å². The second kappa shape index (κ2) is 11.0. The molecule has 3 aromatic rings. The van der Waals surface area contributed by atoms with Gasteiger partial charge in [-0.15, -0.1) is 0 Å². The van der Waals surface area contributed by atoms with E-state index in [-0.39, 0.29) is 21.3 Å². The van der Waals surface area contributed by atoms with Crippen molar-refractivity contribution in [3.05, 3.63) is 77.9 Å². The Morgan fingerprint density at radius 3 is 2.32 bits per heavy atom. The molecule has 2 radical (unpaired) electrons. The minimum atomic E-state index is -4.00. The standard InChI is InChI=1S/C22H18BF2N3O3S3/c1-13-6-7-15(26-22(32)27-20(29)17-4-2-3-5-18(17)23)12-19(13)34(30,31)28-14-8-10-16(11-9-14)33-21(24)25/h2-12,21,28H,1H3,(H2,26,27,29,32). The van der Waals surface area contributed by atoms with E-state index in [1.54, 1.807) is 43.3 Å². The molecule has 0 fully saturated rings. The summed E-state index contributed by atoms with van der Waals surface area (Å²) < 4.78 is 53.2. The van der Waals surface area contributed by atoms with E-state index in [2.05, 4.69) is 15.4 Å². The topological polar surface area (TPSA) is 87.3 Å². The van der Waals surface area contributed by atoms with Gasteiger partial charge in [-0.2, -0.15) is 8.78 Å². The van der Waals surface area contributed by atoms with Crippen molar-refractivity contribution in [2.75, 3.05) is 10.0 Å². The molecule has 0 aliphatic rings. The SMILES string of the molecule is [B]c1ccccc1C(=O)NC(=S)Nc1ccc(C)c(S(=O)(=O)Nc2ccc(SC(F)F)cc2)c1. The third-order valence-corrected chi connectivity index (χ3v) is 6.95. The fraction of sp³-hybridized carbons (Fsp3) is 0.0909. The number of carbonyl (C=O) groups is 1. The molecule has 0 aromatic heterocycles. The Balaban J connectivity index is 1.72. The number of hydrogen-bond donors (Lipinski definition) is 3. The zero-order valence-electron chi connectivity index (χ0n) is 17.7.